The Morgan fingerprint density at radius 2 is 1.92 bits per heavy atom. The number of carbonyl (C=O) groups excluding carboxylic acids is 1. The summed E-state index contributed by atoms with van der Waals surface area (Å²) in [6, 6.07) is 6.70. The number of aryl methyl sites for hydroxylation is 1. The Morgan fingerprint density at radius 3 is 2.60 bits per heavy atom. The van der Waals surface area contributed by atoms with E-state index in [1.165, 1.54) is 31.4 Å². The number of nitrogens with zero attached hydrogens (tertiary/aromatic N) is 2. The molecule has 1 saturated carbocycles. The number of anilines is 1. The van der Waals surface area contributed by atoms with Gasteiger partial charge in [0.05, 0.1) is 17.1 Å². The summed E-state index contributed by atoms with van der Waals surface area (Å²) in [5.41, 5.74) is 1.09. The number of aromatic nitrogens is 2. The Hall–Kier alpha value is -2.15. The number of benzene rings is 1. The monoisotopic (exact) mass is 361 g/mol. The molecule has 0 atom stereocenters. The van der Waals surface area contributed by atoms with Gasteiger partial charge < -0.3 is 5.32 Å². The number of amides is 1. The molecule has 0 radical (unpaired) electrons. The van der Waals surface area contributed by atoms with Crippen molar-refractivity contribution in [3.8, 4) is 0 Å². The van der Waals surface area contributed by atoms with Crippen LogP contribution in [-0.2, 0) is 9.84 Å². The highest BCUT2D eigenvalue weighted by molar-refractivity contribution is 7.90. The van der Waals surface area contributed by atoms with Gasteiger partial charge in [-0.1, -0.05) is 25.3 Å². The first-order valence-corrected chi connectivity index (χ1v) is 10.4. The average Bonchev–Trinajstić information content (AvgIpc) is 3.03. The number of carbonyl (C=O) groups is 1. The van der Waals surface area contributed by atoms with Crippen LogP contribution in [0.2, 0.25) is 0 Å². The van der Waals surface area contributed by atoms with E-state index in [4.69, 9.17) is 0 Å². The largest absolute Gasteiger partial charge is 0.307 e. The maximum atomic E-state index is 12.7. The van der Waals surface area contributed by atoms with E-state index in [1.807, 2.05) is 4.68 Å². The number of sulfone groups is 1. The first-order chi connectivity index (χ1) is 11.9. The van der Waals surface area contributed by atoms with Gasteiger partial charge in [0.2, 0.25) is 0 Å². The molecule has 134 valence electrons. The highest BCUT2D eigenvalue weighted by Gasteiger charge is 2.20. The minimum absolute atomic E-state index is 0.143. The fraction of sp³-hybridized carbons (Fsp3) is 0.444. The van der Waals surface area contributed by atoms with Crippen LogP contribution in [0.1, 0.15) is 54.1 Å². The molecule has 0 unspecified atom stereocenters. The topological polar surface area (TPSA) is 81.1 Å². The molecule has 0 aliphatic heterocycles. The number of hydrogen-bond acceptors (Lipinski definition) is 4. The van der Waals surface area contributed by atoms with E-state index in [1.54, 1.807) is 25.3 Å². The normalized spacial score (nSPS) is 15.9. The van der Waals surface area contributed by atoms with Crippen LogP contribution in [0.25, 0.3) is 0 Å². The molecule has 1 aliphatic rings. The maximum absolute atomic E-state index is 12.7. The van der Waals surface area contributed by atoms with Crippen molar-refractivity contribution in [3.05, 3.63) is 41.6 Å². The SMILES string of the molecule is Cc1ccc(S(C)(=O)=O)cc1C(=O)Nc1ccnn1C1CCCCC1. The summed E-state index contributed by atoms with van der Waals surface area (Å²) in [4.78, 5) is 12.8. The Balaban J connectivity index is 1.85. The molecule has 7 heteroatoms. The third kappa shape index (κ3) is 3.92. The molecule has 3 rings (SSSR count). The number of rotatable bonds is 4. The summed E-state index contributed by atoms with van der Waals surface area (Å²) in [5.74, 6) is 0.335. The standard InChI is InChI=1S/C18H23N3O3S/c1-13-8-9-15(25(2,23)24)12-16(13)18(22)20-17-10-11-19-21(17)14-6-4-3-5-7-14/h8-12,14H,3-7H2,1-2H3,(H,20,22). The van der Waals surface area contributed by atoms with Crippen molar-refractivity contribution in [2.75, 3.05) is 11.6 Å². The zero-order valence-electron chi connectivity index (χ0n) is 14.5. The minimum Gasteiger partial charge on any atom is -0.307 e. The fourth-order valence-electron chi connectivity index (χ4n) is 3.29. The van der Waals surface area contributed by atoms with Crippen molar-refractivity contribution in [2.24, 2.45) is 0 Å². The lowest BCUT2D eigenvalue weighted by Gasteiger charge is -2.24. The van der Waals surface area contributed by atoms with Crippen LogP contribution < -0.4 is 5.32 Å². The molecule has 0 bridgehead atoms. The van der Waals surface area contributed by atoms with E-state index < -0.39 is 9.84 Å². The van der Waals surface area contributed by atoms with E-state index in [-0.39, 0.29) is 10.8 Å². The number of nitrogens with one attached hydrogen (secondary N) is 1. The molecule has 1 amide bonds. The van der Waals surface area contributed by atoms with Crippen molar-refractivity contribution in [2.45, 2.75) is 50.0 Å². The molecular weight excluding hydrogens is 338 g/mol. The second kappa shape index (κ2) is 7.00. The third-order valence-corrected chi connectivity index (χ3v) is 5.82. The van der Waals surface area contributed by atoms with Gasteiger partial charge in [-0.05, 0) is 37.5 Å². The van der Waals surface area contributed by atoms with E-state index >= 15 is 0 Å². The van der Waals surface area contributed by atoms with Crippen LogP contribution >= 0.6 is 0 Å². The highest BCUT2D eigenvalue weighted by Crippen LogP contribution is 2.30. The summed E-state index contributed by atoms with van der Waals surface area (Å²) < 4.78 is 25.4. The molecule has 0 spiro atoms. The summed E-state index contributed by atoms with van der Waals surface area (Å²) in [7, 11) is -3.36. The first-order valence-electron chi connectivity index (χ1n) is 8.52. The van der Waals surface area contributed by atoms with Crippen molar-refractivity contribution in [1.29, 1.82) is 0 Å². The lowest BCUT2D eigenvalue weighted by atomic mass is 9.96. The molecule has 1 aromatic heterocycles. The second-order valence-electron chi connectivity index (χ2n) is 6.66. The Kier molecular flexibility index (Phi) is 4.94. The average molecular weight is 361 g/mol. The first kappa shape index (κ1) is 17.7. The minimum atomic E-state index is -3.36. The Morgan fingerprint density at radius 1 is 1.20 bits per heavy atom. The molecule has 25 heavy (non-hydrogen) atoms. The van der Waals surface area contributed by atoms with Gasteiger partial charge in [-0.15, -0.1) is 0 Å². The third-order valence-electron chi connectivity index (χ3n) is 4.71. The zero-order chi connectivity index (χ0) is 18.0. The van der Waals surface area contributed by atoms with Crippen LogP contribution in [0.3, 0.4) is 0 Å². The van der Waals surface area contributed by atoms with Gasteiger partial charge in [0.1, 0.15) is 5.82 Å². The quantitative estimate of drug-likeness (QED) is 0.905. The summed E-state index contributed by atoms with van der Waals surface area (Å²) >= 11 is 0. The molecular formula is C18H23N3O3S. The van der Waals surface area contributed by atoms with Crippen molar-refractivity contribution >= 4 is 21.6 Å². The predicted octanol–water partition coefficient (Wildman–Crippen LogP) is 3.35. The van der Waals surface area contributed by atoms with E-state index in [2.05, 4.69) is 10.4 Å². The summed E-state index contributed by atoms with van der Waals surface area (Å²) in [5, 5.41) is 7.26. The van der Waals surface area contributed by atoms with Crippen LogP contribution in [0.15, 0.2) is 35.4 Å². The van der Waals surface area contributed by atoms with Gasteiger partial charge in [0.25, 0.3) is 5.91 Å². The Labute approximate surface area is 148 Å². The van der Waals surface area contributed by atoms with Gasteiger partial charge in [-0.2, -0.15) is 5.10 Å². The predicted molar refractivity (Wildman–Crippen MR) is 96.6 cm³/mol. The lowest BCUT2D eigenvalue weighted by Crippen LogP contribution is -2.21. The fourth-order valence-corrected chi connectivity index (χ4v) is 3.94. The molecule has 1 aromatic carbocycles. The number of hydrogen-bond donors (Lipinski definition) is 1. The van der Waals surface area contributed by atoms with E-state index in [0.717, 1.165) is 24.7 Å². The van der Waals surface area contributed by atoms with Crippen molar-refractivity contribution < 1.29 is 13.2 Å². The lowest BCUT2D eigenvalue weighted by molar-refractivity contribution is 0.102. The van der Waals surface area contributed by atoms with Gasteiger partial charge in [-0.25, -0.2) is 13.1 Å². The molecule has 1 N–H and O–H groups in total. The van der Waals surface area contributed by atoms with Gasteiger partial charge >= 0.3 is 0 Å². The molecule has 0 saturated heterocycles. The van der Waals surface area contributed by atoms with Crippen LogP contribution in [0.4, 0.5) is 5.82 Å². The summed E-state index contributed by atoms with van der Waals surface area (Å²) in [6.45, 7) is 1.79. The van der Waals surface area contributed by atoms with E-state index in [9.17, 15) is 13.2 Å². The van der Waals surface area contributed by atoms with Gasteiger partial charge in [0.15, 0.2) is 9.84 Å². The highest BCUT2D eigenvalue weighted by atomic mass is 32.2. The molecule has 1 fully saturated rings. The zero-order valence-corrected chi connectivity index (χ0v) is 15.3. The van der Waals surface area contributed by atoms with E-state index in [0.29, 0.717) is 17.4 Å². The second-order valence-corrected chi connectivity index (χ2v) is 8.67. The van der Waals surface area contributed by atoms with Crippen molar-refractivity contribution in [3.63, 3.8) is 0 Å². The maximum Gasteiger partial charge on any atom is 0.257 e. The van der Waals surface area contributed by atoms with Crippen LogP contribution in [-0.4, -0.2) is 30.4 Å². The van der Waals surface area contributed by atoms with Gasteiger partial charge in [-0.3, -0.25) is 4.79 Å². The molecule has 1 aliphatic carbocycles. The molecule has 2 aromatic rings. The van der Waals surface area contributed by atoms with Gasteiger partial charge in [0, 0.05) is 17.9 Å². The summed E-state index contributed by atoms with van der Waals surface area (Å²) in [6.07, 6.45) is 8.54. The molecule has 6 nitrogen and oxygen atoms in total. The van der Waals surface area contributed by atoms with Crippen molar-refractivity contribution in [1.82, 2.24) is 9.78 Å². The Bertz CT molecular complexity index is 881. The smallest absolute Gasteiger partial charge is 0.257 e. The molecule has 1 heterocycles. The van der Waals surface area contributed by atoms with Crippen LogP contribution in [0.5, 0.6) is 0 Å². The van der Waals surface area contributed by atoms with Crippen LogP contribution in [0, 0.1) is 6.92 Å².